The fraction of sp³-hybridized carbons (Fsp3) is 0.444. The molecule has 1 atom stereocenters. The first-order valence-corrected chi connectivity index (χ1v) is 7.89. The van der Waals surface area contributed by atoms with Gasteiger partial charge in [0.15, 0.2) is 6.10 Å². The molecule has 2 rings (SSSR count). The van der Waals surface area contributed by atoms with Gasteiger partial charge in [0, 0.05) is 18.4 Å². The Morgan fingerprint density at radius 1 is 1.17 bits per heavy atom. The topological polar surface area (TPSA) is 84.8 Å². The molecule has 1 amide bonds. The molecule has 0 radical (unpaired) electrons. The van der Waals surface area contributed by atoms with Gasteiger partial charge < -0.3 is 4.74 Å². The highest BCUT2D eigenvalue weighted by Crippen LogP contribution is 2.22. The zero-order valence-corrected chi connectivity index (χ0v) is 14.4. The minimum atomic E-state index is -0.918. The Morgan fingerprint density at radius 3 is 2.29 bits per heavy atom. The first-order valence-electron chi connectivity index (χ1n) is 7.89. The van der Waals surface area contributed by atoms with Gasteiger partial charge >= 0.3 is 5.97 Å². The van der Waals surface area contributed by atoms with Crippen LogP contribution in [-0.2, 0) is 19.7 Å². The molecule has 128 valence electrons. The molecule has 0 aliphatic carbocycles. The fourth-order valence-corrected chi connectivity index (χ4v) is 2.27. The first kappa shape index (κ1) is 17.8. The summed E-state index contributed by atoms with van der Waals surface area (Å²) in [7, 11) is 0. The third-order valence-corrected chi connectivity index (χ3v) is 3.83. The molecule has 1 aromatic rings. The van der Waals surface area contributed by atoms with Gasteiger partial charge in [-0.25, -0.2) is 10.2 Å². The van der Waals surface area contributed by atoms with Crippen molar-refractivity contribution in [3.8, 4) is 0 Å². The maximum atomic E-state index is 12.4. The summed E-state index contributed by atoms with van der Waals surface area (Å²) in [5, 5.41) is 3.67. The molecule has 0 spiro atoms. The second-order valence-electron chi connectivity index (χ2n) is 6.83. The minimum absolute atomic E-state index is 0.00319. The summed E-state index contributed by atoms with van der Waals surface area (Å²) in [5.41, 5.74) is 3.97. The van der Waals surface area contributed by atoms with Gasteiger partial charge in [-0.15, -0.1) is 0 Å². The van der Waals surface area contributed by atoms with E-state index in [1.54, 1.807) is 12.1 Å². The number of carbonyl (C=O) groups excluding carboxylic acids is 3. The molecule has 1 aromatic carbocycles. The normalized spacial score (nSPS) is 16.0. The fourth-order valence-electron chi connectivity index (χ4n) is 2.27. The van der Waals surface area contributed by atoms with Gasteiger partial charge in [-0.3, -0.25) is 9.59 Å². The number of amides is 1. The van der Waals surface area contributed by atoms with Crippen LogP contribution < -0.4 is 5.43 Å². The van der Waals surface area contributed by atoms with Crippen LogP contribution in [0.1, 0.15) is 56.5 Å². The van der Waals surface area contributed by atoms with Crippen molar-refractivity contribution >= 4 is 23.4 Å². The number of esters is 1. The van der Waals surface area contributed by atoms with Crippen LogP contribution in [0, 0.1) is 0 Å². The highest BCUT2D eigenvalue weighted by molar-refractivity contribution is 6.37. The van der Waals surface area contributed by atoms with E-state index in [-0.39, 0.29) is 35.7 Å². The minimum Gasteiger partial charge on any atom is -0.450 e. The van der Waals surface area contributed by atoms with E-state index in [0.29, 0.717) is 5.56 Å². The number of Topliss-reactive ketones (excluding diaryl/α,β-unsaturated/α-hetero) is 1. The maximum absolute atomic E-state index is 12.4. The third-order valence-electron chi connectivity index (χ3n) is 3.83. The molecule has 6 nitrogen and oxygen atoms in total. The number of ketones is 1. The Kier molecular flexibility index (Phi) is 5.17. The quantitative estimate of drug-likeness (QED) is 0.678. The van der Waals surface area contributed by atoms with Gasteiger partial charge in [0.05, 0.1) is 0 Å². The summed E-state index contributed by atoms with van der Waals surface area (Å²) in [6, 6.07) is 7.29. The van der Waals surface area contributed by atoms with Crippen molar-refractivity contribution in [1.82, 2.24) is 5.43 Å². The molecule has 0 saturated heterocycles. The summed E-state index contributed by atoms with van der Waals surface area (Å²) in [5.74, 6) is -1.19. The lowest BCUT2D eigenvalue weighted by atomic mass is 9.86. The Bertz CT molecular complexity index is 684. The summed E-state index contributed by atoms with van der Waals surface area (Å²) in [6.45, 7) is 7.81. The first-order chi connectivity index (χ1) is 11.2. The van der Waals surface area contributed by atoms with E-state index >= 15 is 0 Å². The summed E-state index contributed by atoms with van der Waals surface area (Å²) >= 11 is 0. The molecule has 0 bridgehead atoms. The number of nitrogens with zero attached hydrogens (tertiary/aromatic N) is 1. The lowest BCUT2D eigenvalue weighted by Gasteiger charge is -2.19. The molecule has 1 aliphatic heterocycles. The van der Waals surface area contributed by atoms with Gasteiger partial charge in [0.25, 0.3) is 0 Å². The van der Waals surface area contributed by atoms with Crippen LogP contribution in [0.2, 0.25) is 0 Å². The maximum Gasteiger partial charge on any atom is 0.355 e. The van der Waals surface area contributed by atoms with E-state index in [1.165, 1.54) is 6.92 Å². The summed E-state index contributed by atoms with van der Waals surface area (Å²) < 4.78 is 5.17. The van der Waals surface area contributed by atoms with Crippen LogP contribution in [0.15, 0.2) is 29.4 Å². The number of ether oxygens (including phenoxy) is 1. The Labute approximate surface area is 141 Å². The van der Waals surface area contributed by atoms with Gasteiger partial charge in [-0.1, -0.05) is 45.0 Å². The van der Waals surface area contributed by atoms with Crippen molar-refractivity contribution in [3.05, 3.63) is 35.4 Å². The van der Waals surface area contributed by atoms with Crippen molar-refractivity contribution < 1.29 is 19.1 Å². The second kappa shape index (κ2) is 6.95. The standard InChI is InChI=1S/C18H22N2O4/c1-11(24-17(23)14-9-10-15(21)20-19-14)16(22)12-5-7-13(8-6-12)18(2,3)4/h5-8,11H,9-10H2,1-4H3,(H,20,21)/t11-/m0/s1. The number of hydrazone groups is 1. The smallest absolute Gasteiger partial charge is 0.355 e. The number of nitrogens with one attached hydrogen (secondary N) is 1. The van der Waals surface area contributed by atoms with Crippen LogP contribution in [0.25, 0.3) is 0 Å². The molecule has 0 unspecified atom stereocenters. The van der Waals surface area contributed by atoms with Crippen molar-refractivity contribution in [2.24, 2.45) is 5.10 Å². The van der Waals surface area contributed by atoms with Crippen LogP contribution in [0.5, 0.6) is 0 Å². The van der Waals surface area contributed by atoms with Crippen molar-refractivity contribution in [3.63, 3.8) is 0 Å². The number of hydrogen-bond donors (Lipinski definition) is 1. The van der Waals surface area contributed by atoms with E-state index in [1.807, 2.05) is 12.1 Å². The summed E-state index contributed by atoms with van der Waals surface area (Å²) in [6.07, 6.45) is -0.519. The van der Waals surface area contributed by atoms with E-state index in [4.69, 9.17) is 4.74 Å². The molecule has 0 aromatic heterocycles. The third kappa shape index (κ3) is 4.28. The lowest BCUT2D eigenvalue weighted by molar-refractivity contribution is -0.138. The van der Waals surface area contributed by atoms with Gasteiger partial charge in [0.1, 0.15) is 5.71 Å². The van der Waals surface area contributed by atoms with Gasteiger partial charge in [-0.2, -0.15) is 5.10 Å². The lowest BCUT2D eigenvalue weighted by Crippen LogP contribution is -2.34. The highest BCUT2D eigenvalue weighted by Gasteiger charge is 2.25. The molecule has 1 N–H and O–H groups in total. The van der Waals surface area contributed by atoms with E-state index < -0.39 is 12.1 Å². The van der Waals surface area contributed by atoms with Crippen molar-refractivity contribution in [2.45, 2.75) is 52.1 Å². The van der Waals surface area contributed by atoms with Crippen LogP contribution in [0.4, 0.5) is 0 Å². The number of benzene rings is 1. The molecule has 0 fully saturated rings. The number of carbonyl (C=O) groups is 3. The monoisotopic (exact) mass is 330 g/mol. The molecule has 24 heavy (non-hydrogen) atoms. The van der Waals surface area contributed by atoms with Gasteiger partial charge in [-0.05, 0) is 17.9 Å². The van der Waals surface area contributed by atoms with Crippen LogP contribution in [0.3, 0.4) is 0 Å². The molecule has 0 saturated carbocycles. The molecule has 6 heteroatoms. The second-order valence-corrected chi connectivity index (χ2v) is 6.83. The predicted octanol–water partition coefficient (Wildman–Crippen LogP) is 2.36. The zero-order valence-electron chi connectivity index (χ0n) is 14.4. The Hall–Kier alpha value is -2.50. The van der Waals surface area contributed by atoms with Crippen LogP contribution in [-0.4, -0.2) is 29.5 Å². The Morgan fingerprint density at radius 2 is 1.79 bits per heavy atom. The van der Waals surface area contributed by atoms with E-state index in [2.05, 4.69) is 31.3 Å². The summed E-state index contributed by atoms with van der Waals surface area (Å²) in [4.78, 5) is 35.4. The largest absolute Gasteiger partial charge is 0.450 e. The van der Waals surface area contributed by atoms with Crippen molar-refractivity contribution in [1.29, 1.82) is 0 Å². The number of rotatable bonds is 4. The van der Waals surface area contributed by atoms with E-state index in [0.717, 1.165) is 5.56 Å². The average Bonchev–Trinajstić information content (AvgIpc) is 2.54. The molecular formula is C18H22N2O4. The van der Waals surface area contributed by atoms with Crippen LogP contribution >= 0.6 is 0 Å². The zero-order chi connectivity index (χ0) is 17.9. The Balaban J connectivity index is 2.01. The van der Waals surface area contributed by atoms with Gasteiger partial charge in [0.2, 0.25) is 11.7 Å². The highest BCUT2D eigenvalue weighted by atomic mass is 16.5. The average molecular weight is 330 g/mol. The van der Waals surface area contributed by atoms with Crippen molar-refractivity contribution in [2.75, 3.05) is 0 Å². The predicted molar refractivity (Wildman–Crippen MR) is 89.8 cm³/mol. The molecule has 1 heterocycles. The molecule has 1 aliphatic rings. The molecular weight excluding hydrogens is 308 g/mol. The number of hydrogen-bond acceptors (Lipinski definition) is 5. The van der Waals surface area contributed by atoms with E-state index in [9.17, 15) is 14.4 Å². The SMILES string of the molecule is C[C@H](OC(=O)C1=NNC(=O)CC1)C(=O)c1ccc(C(C)(C)C)cc1.